The molecule has 0 aliphatic rings. The van der Waals surface area contributed by atoms with E-state index < -0.39 is 0 Å². The minimum absolute atomic E-state index is 0.628. The third kappa shape index (κ3) is 2.77. The first-order valence-corrected chi connectivity index (χ1v) is 7.69. The first-order valence-electron chi connectivity index (χ1n) is 6.49. The Morgan fingerprint density at radius 2 is 1.71 bits per heavy atom. The Morgan fingerprint density at radius 1 is 1.05 bits per heavy atom. The van der Waals surface area contributed by atoms with Gasteiger partial charge >= 0.3 is 0 Å². The molecule has 3 aromatic rings. The number of anilines is 1. The van der Waals surface area contributed by atoms with E-state index in [4.69, 9.17) is 17.3 Å². The maximum absolute atomic E-state index is 6.27. The molecule has 106 valence electrons. The normalized spacial score (nSPS) is 10.8. The molecule has 21 heavy (non-hydrogen) atoms. The summed E-state index contributed by atoms with van der Waals surface area (Å²) in [5, 5.41) is 5.25. The summed E-state index contributed by atoms with van der Waals surface area (Å²) in [5.41, 5.74) is 8.11. The molecule has 0 bridgehead atoms. The second kappa shape index (κ2) is 5.84. The highest BCUT2D eigenvalue weighted by atomic mass is 35.5. The third-order valence-corrected chi connectivity index (χ3v) is 4.82. The molecule has 0 unspecified atom stereocenters. The van der Waals surface area contributed by atoms with Crippen molar-refractivity contribution in [2.24, 2.45) is 0 Å². The predicted octanol–water partition coefficient (Wildman–Crippen LogP) is 4.57. The van der Waals surface area contributed by atoms with Crippen molar-refractivity contribution >= 4 is 29.2 Å². The standard InChI is InChI=1S/C16H14ClN3S/c1-11-15(21-14-10-6-5-9-13(14)17)16(18)20(19-11)12-7-3-2-4-8-12/h2-10H,18H2,1H3. The number of para-hydroxylation sites is 1. The van der Waals surface area contributed by atoms with Gasteiger partial charge in [-0.1, -0.05) is 53.7 Å². The molecule has 1 aromatic heterocycles. The van der Waals surface area contributed by atoms with Crippen LogP contribution in [0.2, 0.25) is 5.02 Å². The van der Waals surface area contributed by atoms with Crippen molar-refractivity contribution in [2.75, 3.05) is 5.73 Å². The number of nitrogens with zero attached hydrogens (tertiary/aromatic N) is 2. The van der Waals surface area contributed by atoms with E-state index in [9.17, 15) is 0 Å². The fraction of sp³-hybridized carbons (Fsp3) is 0.0625. The van der Waals surface area contributed by atoms with E-state index in [1.807, 2.05) is 61.5 Å². The van der Waals surface area contributed by atoms with E-state index in [1.165, 1.54) is 0 Å². The summed E-state index contributed by atoms with van der Waals surface area (Å²) in [6.45, 7) is 1.95. The van der Waals surface area contributed by atoms with Gasteiger partial charge in [-0.25, -0.2) is 4.68 Å². The molecule has 0 aliphatic carbocycles. The SMILES string of the molecule is Cc1nn(-c2ccccc2)c(N)c1Sc1ccccc1Cl. The Balaban J connectivity index is 2.01. The summed E-state index contributed by atoms with van der Waals surface area (Å²) in [7, 11) is 0. The molecular weight excluding hydrogens is 302 g/mol. The van der Waals surface area contributed by atoms with Gasteiger partial charge in [-0.05, 0) is 31.2 Å². The zero-order valence-corrected chi connectivity index (χ0v) is 13.0. The third-order valence-electron chi connectivity index (χ3n) is 3.09. The van der Waals surface area contributed by atoms with Gasteiger partial charge in [0.1, 0.15) is 5.82 Å². The maximum atomic E-state index is 6.27. The second-order valence-electron chi connectivity index (χ2n) is 4.58. The van der Waals surface area contributed by atoms with E-state index in [0.717, 1.165) is 21.2 Å². The Kier molecular flexibility index (Phi) is 3.90. The fourth-order valence-electron chi connectivity index (χ4n) is 2.06. The number of hydrogen-bond acceptors (Lipinski definition) is 3. The highest BCUT2D eigenvalue weighted by Gasteiger charge is 2.15. The summed E-state index contributed by atoms with van der Waals surface area (Å²) < 4.78 is 1.76. The van der Waals surface area contributed by atoms with Crippen LogP contribution in [0.5, 0.6) is 0 Å². The Labute approximate surface area is 132 Å². The molecule has 0 radical (unpaired) electrons. The van der Waals surface area contributed by atoms with Gasteiger partial charge in [0.05, 0.1) is 21.3 Å². The lowest BCUT2D eigenvalue weighted by molar-refractivity contribution is 0.872. The highest BCUT2D eigenvalue weighted by Crippen LogP contribution is 2.38. The average Bonchev–Trinajstić information content (AvgIpc) is 2.78. The summed E-state index contributed by atoms with van der Waals surface area (Å²) in [4.78, 5) is 1.91. The lowest BCUT2D eigenvalue weighted by Gasteiger charge is -2.06. The summed E-state index contributed by atoms with van der Waals surface area (Å²) in [5.74, 6) is 0.628. The van der Waals surface area contributed by atoms with E-state index in [-0.39, 0.29) is 0 Å². The van der Waals surface area contributed by atoms with Crippen LogP contribution in [0.15, 0.2) is 64.4 Å². The lowest BCUT2D eigenvalue weighted by Crippen LogP contribution is -2.01. The zero-order valence-electron chi connectivity index (χ0n) is 11.5. The molecule has 0 atom stereocenters. The molecule has 0 saturated carbocycles. The van der Waals surface area contributed by atoms with Crippen LogP contribution in [0, 0.1) is 6.92 Å². The van der Waals surface area contributed by atoms with Gasteiger partial charge in [-0.15, -0.1) is 0 Å². The number of hydrogen-bond donors (Lipinski definition) is 1. The van der Waals surface area contributed by atoms with Crippen LogP contribution in [-0.4, -0.2) is 9.78 Å². The van der Waals surface area contributed by atoms with Crippen molar-refractivity contribution in [2.45, 2.75) is 16.7 Å². The summed E-state index contributed by atoms with van der Waals surface area (Å²) >= 11 is 7.76. The smallest absolute Gasteiger partial charge is 0.141 e. The molecule has 0 spiro atoms. The molecule has 0 aliphatic heterocycles. The molecule has 2 aromatic carbocycles. The number of rotatable bonds is 3. The quantitative estimate of drug-likeness (QED) is 0.770. The van der Waals surface area contributed by atoms with E-state index >= 15 is 0 Å². The number of aromatic nitrogens is 2. The molecular formula is C16H14ClN3S. The van der Waals surface area contributed by atoms with E-state index in [1.54, 1.807) is 16.4 Å². The minimum atomic E-state index is 0.628. The van der Waals surface area contributed by atoms with Crippen LogP contribution in [0.3, 0.4) is 0 Å². The van der Waals surface area contributed by atoms with Crippen LogP contribution in [0.25, 0.3) is 5.69 Å². The number of halogens is 1. The van der Waals surface area contributed by atoms with Crippen molar-refractivity contribution < 1.29 is 0 Å². The maximum Gasteiger partial charge on any atom is 0.141 e. The van der Waals surface area contributed by atoms with Gasteiger partial charge in [0.2, 0.25) is 0 Å². The largest absolute Gasteiger partial charge is 0.383 e. The van der Waals surface area contributed by atoms with E-state index in [2.05, 4.69) is 5.10 Å². The lowest BCUT2D eigenvalue weighted by atomic mass is 10.3. The topological polar surface area (TPSA) is 43.8 Å². The van der Waals surface area contributed by atoms with Crippen molar-refractivity contribution in [3.8, 4) is 5.69 Å². The minimum Gasteiger partial charge on any atom is -0.383 e. The van der Waals surface area contributed by atoms with Gasteiger partial charge in [-0.3, -0.25) is 0 Å². The Hall–Kier alpha value is -1.91. The van der Waals surface area contributed by atoms with Gasteiger partial charge in [0, 0.05) is 4.90 Å². The second-order valence-corrected chi connectivity index (χ2v) is 6.04. The summed E-state index contributed by atoms with van der Waals surface area (Å²) in [6, 6.07) is 17.6. The predicted molar refractivity (Wildman–Crippen MR) is 88.3 cm³/mol. The van der Waals surface area contributed by atoms with Crippen molar-refractivity contribution in [3.05, 3.63) is 65.3 Å². The summed E-state index contributed by atoms with van der Waals surface area (Å²) in [6.07, 6.45) is 0. The highest BCUT2D eigenvalue weighted by molar-refractivity contribution is 7.99. The fourth-order valence-corrected chi connectivity index (χ4v) is 3.22. The monoisotopic (exact) mass is 315 g/mol. The molecule has 1 heterocycles. The number of benzene rings is 2. The van der Waals surface area contributed by atoms with Crippen LogP contribution in [0.4, 0.5) is 5.82 Å². The Morgan fingerprint density at radius 3 is 2.43 bits per heavy atom. The average molecular weight is 316 g/mol. The molecule has 0 saturated heterocycles. The molecule has 0 amide bonds. The van der Waals surface area contributed by atoms with Gasteiger partial charge < -0.3 is 5.73 Å². The van der Waals surface area contributed by atoms with Crippen molar-refractivity contribution in [3.63, 3.8) is 0 Å². The molecule has 3 rings (SSSR count). The van der Waals surface area contributed by atoms with Crippen molar-refractivity contribution in [1.82, 2.24) is 9.78 Å². The van der Waals surface area contributed by atoms with E-state index in [0.29, 0.717) is 10.8 Å². The van der Waals surface area contributed by atoms with Gasteiger partial charge in [-0.2, -0.15) is 5.10 Å². The zero-order chi connectivity index (χ0) is 14.8. The van der Waals surface area contributed by atoms with Gasteiger partial charge in [0.25, 0.3) is 0 Å². The van der Waals surface area contributed by atoms with Crippen LogP contribution in [-0.2, 0) is 0 Å². The molecule has 0 fully saturated rings. The van der Waals surface area contributed by atoms with Crippen LogP contribution >= 0.6 is 23.4 Å². The molecule has 5 heteroatoms. The number of nitrogens with two attached hydrogens (primary N) is 1. The number of nitrogen functional groups attached to an aromatic ring is 1. The number of aryl methyl sites for hydroxylation is 1. The van der Waals surface area contributed by atoms with Gasteiger partial charge in [0.15, 0.2) is 0 Å². The first kappa shape index (κ1) is 14.0. The van der Waals surface area contributed by atoms with Crippen LogP contribution in [0.1, 0.15) is 5.69 Å². The van der Waals surface area contributed by atoms with Crippen LogP contribution < -0.4 is 5.73 Å². The Bertz CT molecular complexity index is 768. The first-order chi connectivity index (χ1) is 10.2. The van der Waals surface area contributed by atoms with Crippen molar-refractivity contribution in [1.29, 1.82) is 0 Å². The molecule has 3 nitrogen and oxygen atoms in total. The molecule has 2 N–H and O–H groups in total.